The Morgan fingerprint density at radius 3 is 2.75 bits per heavy atom. The van der Waals surface area contributed by atoms with Gasteiger partial charge in [-0.1, -0.05) is 25.1 Å². The van der Waals surface area contributed by atoms with Gasteiger partial charge in [0.2, 0.25) is 0 Å². The molecule has 0 bridgehead atoms. The Labute approximate surface area is 141 Å². The van der Waals surface area contributed by atoms with Crippen molar-refractivity contribution in [3.8, 4) is 0 Å². The number of fused-ring (bicyclic) bond motifs is 1. The number of hydrogen-bond donors (Lipinski definition) is 1. The van der Waals surface area contributed by atoms with E-state index in [1.165, 1.54) is 12.8 Å². The van der Waals surface area contributed by atoms with E-state index in [1.54, 1.807) is 6.33 Å². The summed E-state index contributed by atoms with van der Waals surface area (Å²) in [6.45, 7) is 4.44. The fraction of sp³-hybridized carbons (Fsp3) is 0.316. The molecule has 3 heterocycles. The van der Waals surface area contributed by atoms with Gasteiger partial charge >= 0.3 is 0 Å². The molecule has 0 aliphatic carbocycles. The molecule has 0 saturated carbocycles. The molecule has 2 aromatic heterocycles. The second-order valence-corrected chi connectivity index (χ2v) is 6.44. The Morgan fingerprint density at radius 1 is 1.04 bits per heavy atom. The van der Waals surface area contributed by atoms with Crippen molar-refractivity contribution in [1.29, 1.82) is 0 Å². The first kappa shape index (κ1) is 14.9. The standard InChI is InChI=1S/C19H21N5/c1-14-7-10-24(11-8-14)18-12-17(21-13-22-18)23-16-6-2-4-15-5-3-9-20-19(15)16/h2-6,9,12-14H,7-8,10-11H2,1H3,(H,21,22,23). The van der Waals surface area contributed by atoms with Crippen LogP contribution in [0.2, 0.25) is 0 Å². The van der Waals surface area contributed by atoms with Crippen LogP contribution < -0.4 is 10.2 Å². The topological polar surface area (TPSA) is 53.9 Å². The number of rotatable bonds is 3. The maximum Gasteiger partial charge on any atom is 0.135 e. The van der Waals surface area contributed by atoms with Crippen LogP contribution in [0, 0.1) is 5.92 Å². The predicted molar refractivity (Wildman–Crippen MR) is 97.7 cm³/mol. The third kappa shape index (κ3) is 3.02. The molecule has 0 unspecified atom stereocenters. The number of piperidine rings is 1. The van der Waals surface area contributed by atoms with E-state index in [2.05, 4.69) is 44.2 Å². The van der Waals surface area contributed by atoms with Crippen molar-refractivity contribution < 1.29 is 0 Å². The minimum atomic E-state index is 0.803. The molecule has 1 N–H and O–H groups in total. The highest BCUT2D eigenvalue weighted by Crippen LogP contribution is 2.26. The van der Waals surface area contributed by atoms with Crippen molar-refractivity contribution in [2.45, 2.75) is 19.8 Å². The molecule has 0 atom stereocenters. The van der Waals surface area contributed by atoms with E-state index in [0.29, 0.717) is 0 Å². The van der Waals surface area contributed by atoms with Crippen LogP contribution in [0.3, 0.4) is 0 Å². The van der Waals surface area contributed by atoms with Crippen molar-refractivity contribution in [2.24, 2.45) is 5.92 Å². The van der Waals surface area contributed by atoms with Gasteiger partial charge in [-0.05, 0) is 30.9 Å². The van der Waals surface area contributed by atoms with E-state index >= 15 is 0 Å². The van der Waals surface area contributed by atoms with Gasteiger partial charge in [-0.25, -0.2) is 9.97 Å². The number of anilines is 3. The minimum absolute atomic E-state index is 0.803. The van der Waals surface area contributed by atoms with Gasteiger partial charge in [0.15, 0.2) is 0 Å². The molecular weight excluding hydrogens is 298 g/mol. The third-order valence-electron chi connectivity index (χ3n) is 4.66. The summed E-state index contributed by atoms with van der Waals surface area (Å²) in [4.78, 5) is 15.6. The zero-order valence-corrected chi connectivity index (χ0v) is 13.8. The van der Waals surface area contributed by atoms with Gasteiger partial charge < -0.3 is 10.2 Å². The van der Waals surface area contributed by atoms with Crippen LogP contribution in [0.15, 0.2) is 48.9 Å². The van der Waals surface area contributed by atoms with Crippen LogP contribution in [0.4, 0.5) is 17.3 Å². The van der Waals surface area contributed by atoms with Gasteiger partial charge in [0.25, 0.3) is 0 Å². The van der Waals surface area contributed by atoms with E-state index in [-0.39, 0.29) is 0 Å². The molecule has 0 amide bonds. The highest BCUT2D eigenvalue weighted by atomic mass is 15.2. The monoisotopic (exact) mass is 319 g/mol. The molecule has 1 fully saturated rings. The van der Waals surface area contributed by atoms with Gasteiger partial charge in [0.05, 0.1) is 11.2 Å². The normalized spacial score (nSPS) is 15.6. The summed E-state index contributed by atoms with van der Waals surface area (Å²) in [6.07, 6.45) is 5.89. The highest BCUT2D eigenvalue weighted by molar-refractivity contribution is 5.91. The van der Waals surface area contributed by atoms with Crippen molar-refractivity contribution in [3.63, 3.8) is 0 Å². The number of benzene rings is 1. The summed E-state index contributed by atoms with van der Waals surface area (Å²) >= 11 is 0. The number of nitrogens with zero attached hydrogens (tertiary/aromatic N) is 4. The van der Waals surface area contributed by atoms with E-state index in [0.717, 1.165) is 47.2 Å². The first-order valence-electron chi connectivity index (χ1n) is 8.47. The summed E-state index contributed by atoms with van der Waals surface area (Å²) in [5, 5.41) is 4.51. The first-order valence-corrected chi connectivity index (χ1v) is 8.47. The summed E-state index contributed by atoms with van der Waals surface area (Å²) in [6, 6.07) is 12.2. The van der Waals surface area contributed by atoms with Crippen molar-refractivity contribution in [2.75, 3.05) is 23.3 Å². The van der Waals surface area contributed by atoms with Crippen LogP contribution in [0.25, 0.3) is 10.9 Å². The minimum Gasteiger partial charge on any atom is -0.356 e. The van der Waals surface area contributed by atoms with E-state index in [9.17, 15) is 0 Å². The summed E-state index contributed by atoms with van der Waals surface area (Å²) in [7, 11) is 0. The maximum atomic E-state index is 4.48. The lowest BCUT2D eigenvalue weighted by molar-refractivity contribution is 0.436. The largest absolute Gasteiger partial charge is 0.356 e. The molecule has 122 valence electrons. The first-order chi connectivity index (χ1) is 11.8. The second kappa shape index (κ2) is 6.43. The smallest absolute Gasteiger partial charge is 0.135 e. The third-order valence-corrected chi connectivity index (χ3v) is 4.66. The fourth-order valence-electron chi connectivity index (χ4n) is 3.17. The zero-order valence-electron chi connectivity index (χ0n) is 13.8. The number of para-hydroxylation sites is 1. The Kier molecular flexibility index (Phi) is 3.99. The zero-order chi connectivity index (χ0) is 16.4. The SMILES string of the molecule is CC1CCN(c2cc(Nc3cccc4cccnc34)ncn2)CC1. The predicted octanol–water partition coefficient (Wildman–Crippen LogP) is 4.00. The lowest BCUT2D eigenvalue weighted by Crippen LogP contribution is -2.33. The molecule has 1 saturated heterocycles. The van der Waals surface area contributed by atoms with Gasteiger partial charge in [-0.2, -0.15) is 0 Å². The van der Waals surface area contributed by atoms with Gasteiger partial charge in [-0.15, -0.1) is 0 Å². The lowest BCUT2D eigenvalue weighted by Gasteiger charge is -2.31. The summed E-state index contributed by atoms with van der Waals surface area (Å²) in [5.74, 6) is 2.60. The Hall–Kier alpha value is -2.69. The number of nitrogens with one attached hydrogen (secondary N) is 1. The fourth-order valence-corrected chi connectivity index (χ4v) is 3.17. The molecule has 3 aromatic rings. The van der Waals surface area contributed by atoms with E-state index in [1.807, 2.05) is 30.5 Å². The number of pyridine rings is 1. The number of aromatic nitrogens is 3. The second-order valence-electron chi connectivity index (χ2n) is 6.44. The van der Waals surface area contributed by atoms with Crippen LogP contribution in [-0.2, 0) is 0 Å². The van der Waals surface area contributed by atoms with Crippen LogP contribution in [0.5, 0.6) is 0 Å². The van der Waals surface area contributed by atoms with Crippen LogP contribution in [-0.4, -0.2) is 28.0 Å². The molecule has 5 nitrogen and oxygen atoms in total. The number of hydrogen-bond acceptors (Lipinski definition) is 5. The van der Waals surface area contributed by atoms with Crippen LogP contribution >= 0.6 is 0 Å². The average Bonchev–Trinajstić information content (AvgIpc) is 2.63. The molecular formula is C19H21N5. The van der Waals surface area contributed by atoms with Gasteiger partial charge in [0, 0.05) is 30.7 Å². The molecule has 1 aliphatic heterocycles. The Balaban J connectivity index is 1.59. The molecule has 1 aliphatic rings. The molecule has 1 aromatic carbocycles. The molecule has 0 spiro atoms. The molecule has 0 radical (unpaired) electrons. The average molecular weight is 319 g/mol. The van der Waals surface area contributed by atoms with Crippen molar-refractivity contribution in [1.82, 2.24) is 15.0 Å². The Bertz CT molecular complexity index is 835. The lowest BCUT2D eigenvalue weighted by atomic mass is 9.99. The Morgan fingerprint density at radius 2 is 1.88 bits per heavy atom. The van der Waals surface area contributed by atoms with Gasteiger partial charge in [-0.3, -0.25) is 4.98 Å². The molecule has 5 heteroatoms. The van der Waals surface area contributed by atoms with E-state index < -0.39 is 0 Å². The van der Waals surface area contributed by atoms with Crippen molar-refractivity contribution in [3.05, 3.63) is 48.9 Å². The van der Waals surface area contributed by atoms with Crippen LogP contribution in [0.1, 0.15) is 19.8 Å². The van der Waals surface area contributed by atoms with Gasteiger partial charge in [0.1, 0.15) is 18.0 Å². The summed E-state index contributed by atoms with van der Waals surface area (Å²) < 4.78 is 0. The molecule has 24 heavy (non-hydrogen) atoms. The quantitative estimate of drug-likeness (QED) is 0.790. The van der Waals surface area contributed by atoms with Crippen molar-refractivity contribution >= 4 is 28.2 Å². The molecule has 4 rings (SSSR count). The maximum absolute atomic E-state index is 4.48. The van der Waals surface area contributed by atoms with E-state index in [4.69, 9.17) is 0 Å². The summed E-state index contributed by atoms with van der Waals surface area (Å²) in [5.41, 5.74) is 1.91. The highest BCUT2D eigenvalue weighted by Gasteiger charge is 2.17.